The minimum Gasteiger partial charge on any atom is -0.479 e. The summed E-state index contributed by atoms with van der Waals surface area (Å²) in [5.74, 6) is 1.07. The Morgan fingerprint density at radius 2 is 2.11 bits per heavy atom. The van der Waals surface area contributed by atoms with Gasteiger partial charge in [-0.05, 0) is 6.42 Å². The molecule has 0 saturated carbocycles. The summed E-state index contributed by atoms with van der Waals surface area (Å²) in [5, 5.41) is 2.94. The Hall–Kier alpha value is -1.85. The molecule has 6 nitrogen and oxygen atoms in total. The van der Waals surface area contributed by atoms with Crippen LogP contribution in [0.15, 0.2) is 6.33 Å². The maximum absolute atomic E-state index is 5.26. The van der Waals surface area contributed by atoms with E-state index in [1.165, 1.54) is 19.3 Å². The molecule has 0 aliphatic rings. The number of rotatable bonds is 7. The molecule has 2 rings (SSSR count). The van der Waals surface area contributed by atoms with E-state index in [1.807, 2.05) is 6.33 Å². The number of imidazole rings is 1. The highest BCUT2D eigenvalue weighted by Gasteiger charge is 2.12. The average molecular weight is 263 g/mol. The molecule has 2 aromatic heterocycles. The number of nitrogens with one attached hydrogen (secondary N) is 1. The zero-order chi connectivity index (χ0) is 13.7. The van der Waals surface area contributed by atoms with Crippen molar-refractivity contribution in [2.75, 3.05) is 19.5 Å². The third kappa shape index (κ3) is 2.94. The van der Waals surface area contributed by atoms with Gasteiger partial charge in [0, 0.05) is 13.6 Å². The SMILES string of the molecule is CCCCCCn1cnc2c(OC)nc(NC)nc21. The van der Waals surface area contributed by atoms with Gasteiger partial charge in [0.1, 0.15) is 0 Å². The van der Waals surface area contributed by atoms with Crippen LogP contribution in [0.2, 0.25) is 0 Å². The summed E-state index contributed by atoms with van der Waals surface area (Å²) in [4.78, 5) is 13.0. The van der Waals surface area contributed by atoms with E-state index in [9.17, 15) is 0 Å². The van der Waals surface area contributed by atoms with E-state index < -0.39 is 0 Å². The molecule has 0 fully saturated rings. The van der Waals surface area contributed by atoms with Crippen molar-refractivity contribution in [2.45, 2.75) is 39.2 Å². The fourth-order valence-corrected chi connectivity index (χ4v) is 2.05. The van der Waals surface area contributed by atoms with Gasteiger partial charge in [-0.1, -0.05) is 26.2 Å². The first-order valence-corrected chi connectivity index (χ1v) is 6.74. The van der Waals surface area contributed by atoms with Crippen molar-refractivity contribution in [1.29, 1.82) is 0 Å². The van der Waals surface area contributed by atoms with E-state index >= 15 is 0 Å². The Labute approximate surface area is 113 Å². The summed E-state index contributed by atoms with van der Waals surface area (Å²) >= 11 is 0. The number of fused-ring (bicyclic) bond motifs is 1. The maximum Gasteiger partial charge on any atom is 0.246 e. The van der Waals surface area contributed by atoms with Gasteiger partial charge in [-0.15, -0.1) is 0 Å². The Morgan fingerprint density at radius 1 is 1.26 bits per heavy atom. The zero-order valence-corrected chi connectivity index (χ0v) is 11.8. The summed E-state index contributed by atoms with van der Waals surface area (Å²) in [6.07, 6.45) is 6.70. The molecule has 0 aliphatic heterocycles. The van der Waals surface area contributed by atoms with Crippen LogP contribution in [-0.4, -0.2) is 33.7 Å². The minimum atomic E-state index is 0.515. The van der Waals surface area contributed by atoms with E-state index in [0.717, 1.165) is 24.1 Å². The monoisotopic (exact) mass is 263 g/mol. The first-order valence-electron chi connectivity index (χ1n) is 6.74. The molecular formula is C13H21N5O. The number of aromatic nitrogens is 4. The van der Waals surface area contributed by atoms with E-state index in [1.54, 1.807) is 14.2 Å². The van der Waals surface area contributed by atoms with E-state index in [4.69, 9.17) is 4.74 Å². The smallest absolute Gasteiger partial charge is 0.246 e. The van der Waals surface area contributed by atoms with Crippen LogP contribution < -0.4 is 10.1 Å². The predicted octanol–water partition coefficient (Wildman–Crippen LogP) is 2.46. The van der Waals surface area contributed by atoms with Gasteiger partial charge < -0.3 is 14.6 Å². The summed E-state index contributed by atoms with van der Waals surface area (Å²) in [7, 11) is 3.39. The number of anilines is 1. The van der Waals surface area contributed by atoms with Crippen LogP contribution in [0, 0.1) is 0 Å². The second-order valence-corrected chi connectivity index (χ2v) is 4.48. The average Bonchev–Trinajstić information content (AvgIpc) is 2.85. The van der Waals surface area contributed by atoms with Gasteiger partial charge in [0.15, 0.2) is 11.2 Å². The molecule has 0 amide bonds. The third-order valence-corrected chi connectivity index (χ3v) is 3.10. The molecule has 2 aromatic rings. The largest absolute Gasteiger partial charge is 0.479 e. The fraction of sp³-hybridized carbons (Fsp3) is 0.615. The Morgan fingerprint density at radius 3 is 2.79 bits per heavy atom. The highest BCUT2D eigenvalue weighted by Crippen LogP contribution is 2.22. The zero-order valence-electron chi connectivity index (χ0n) is 11.8. The van der Waals surface area contributed by atoms with Gasteiger partial charge in [-0.3, -0.25) is 0 Å². The Kier molecular flexibility index (Phi) is 4.54. The standard InChI is InChI=1S/C13H21N5O/c1-4-5-6-7-8-18-9-15-10-11(18)16-13(14-2)17-12(10)19-3/h9H,4-8H2,1-3H3,(H,14,16,17). The number of hydrogen-bond acceptors (Lipinski definition) is 5. The molecule has 0 saturated heterocycles. The van der Waals surface area contributed by atoms with Crippen molar-refractivity contribution in [3.63, 3.8) is 0 Å². The first-order chi connectivity index (χ1) is 9.30. The van der Waals surface area contributed by atoms with E-state index in [2.05, 4.69) is 31.8 Å². The lowest BCUT2D eigenvalue weighted by Gasteiger charge is -2.06. The molecule has 0 aliphatic carbocycles. The second kappa shape index (κ2) is 6.36. The quantitative estimate of drug-likeness (QED) is 0.777. The van der Waals surface area contributed by atoms with Crippen molar-refractivity contribution in [3.05, 3.63) is 6.33 Å². The van der Waals surface area contributed by atoms with E-state index in [0.29, 0.717) is 11.8 Å². The number of unbranched alkanes of at least 4 members (excludes halogenated alkanes) is 3. The lowest BCUT2D eigenvalue weighted by atomic mass is 10.2. The molecule has 6 heteroatoms. The van der Waals surface area contributed by atoms with Gasteiger partial charge in [-0.2, -0.15) is 9.97 Å². The lowest BCUT2D eigenvalue weighted by molar-refractivity contribution is 0.402. The van der Waals surface area contributed by atoms with Crippen LogP contribution in [0.4, 0.5) is 5.95 Å². The predicted molar refractivity (Wildman–Crippen MR) is 75.6 cm³/mol. The second-order valence-electron chi connectivity index (χ2n) is 4.48. The summed E-state index contributed by atoms with van der Waals surface area (Å²) < 4.78 is 7.32. The van der Waals surface area contributed by atoms with E-state index in [-0.39, 0.29) is 0 Å². The molecular weight excluding hydrogens is 242 g/mol. The third-order valence-electron chi connectivity index (χ3n) is 3.10. The van der Waals surface area contributed by atoms with Gasteiger partial charge >= 0.3 is 0 Å². The Balaban J connectivity index is 2.25. The topological polar surface area (TPSA) is 64.9 Å². The molecule has 0 aromatic carbocycles. The van der Waals surface area contributed by atoms with Crippen LogP contribution in [0.5, 0.6) is 5.88 Å². The van der Waals surface area contributed by atoms with Gasteiger partial charge in [-0.25, -0.2) is 4.98 Å². The number of aryl methyl sites for hydroxylation is 1. The van der Waals surface area contributed by atoms with Crippen LogP contribution in [-0.2, 0) is 6.54 Å². The van der Waals surface area contributed by atoms with Gasteiger partial charge in [0.2, 0.25) is 11.8 Å². The lowest BCUT2D eigenvalue weighted by Crippen LogP contribution is -2.03. The molecule has 1 N–H and O–H groups in total. The van der Waals surface area contributed by atoms with Crippen LogP contribution in [0.1, 0.15) is 32.6 Å². The molecule has 19 heavy (non-hydrogen) atoms. The van der Waals surface area contributed by atoms with Crippen LogP contribution >= 0.6 is 0 Å². The molecule has 104 valence electrons. The molecule has 0 bridgehead atoms. The van der Waals surface area contributed by atoms with Crippen LogP contribution in [0.3, 0.4) is 0 Å². The van der Waals surface area contributed by atoms with Crippen molar-refractivity contribution >= 4 is 17.1 Å². The molecule has 0 unspecified atom stereocenters. The molecule has 0 radical (unpaired) electrons. The normalized spacial score (nSPS) is 10.9. The highest BCUT2D eigenvalue weighted by molar-refractivity contribution is 5.77. The number of methoxy groups -OCH3 is 1. The van der Waals surface area contributed by atoms with Crippen LogP contribution in [0.25, 0.3) is 11.2 Å². The highest BCUT2D eigenvalue weighted by atomic mass is 16.5. The van der Waals surface area contributed by atoms with Crippen molar-refractivity contribution in [1.82, 2.24) is 19.5 Å². The number of hydrogen-bond donors (Lipinski definition) is 1. The molecule has 0 spiro atoms. The Bertz CT molecular complexity index is 537. The van der Waals surface area contributed by atoms with Crippen molar-refractivity contribution < 1.29 is 4.74 Å². The van der Waals surface area contributed by atoms with Gasteiger partial charge in [0.25, 0.3) is 0 Å². The molecule has 0 atom stereocenters. The van der Waals surface area contributed by atoms with Crippen molar-refractivity contribution in [2.24, 2.45) is 0 Å². The summed E-state index contributed by atoms with van der Waals surface area (Å²) in [5.41, 5.74) is 1.55. The number of ether oxygens (including phenoxy) is 1. The summed E-state index contributed by atoms with van der Waals surface area (Å²) in [6.45, 7) is 3.14. The summed E-state index contributed by atoms with van der Waals surface area (Å²) in [6, 6.07) is 0. The first kappa shape index (κ1) is 13.6. The fourth-order valence-electron chi connectivity index (χ4n) is 2.05. The number of nitrogens with zero attached hydrogens (tertiary/aromatic N) is 4. The van der Waals surface area contributed by atoms with Gasteiger partial charge in [0.05, 0.1) is 13.4 Å². The minimum absolute atomic E-state index is 0.515. The molecule has 2 heterocycles. The van der Waals surface area contributed by atoms with Crippen molar-refractivity contribution in [3.8, 4) is 5.88 Å². The maximum atomic E-state index is 5.26.